The molecule has 0 heterocycles. The number of nitrogens with one attached hydrogen (secondary N) is 1. The number of hydrogen-bond donors (Lipinski definition) is 1. The van der Waals surface area contributed by atoms with Gasteiger partial charge >= 0.3 is 0 Å². The van der Waals surface area contributed by atoms with E-state index in [0.717, 1.165) is 29.2 Å². The molecule has 3 nitrogen and oxygen atoms in total. The summed E-state index contributed by atoms with van der Waals surface area (Å²) in [5.74, 6) is 0.800. The predicted octanol–water partition coefficient (Wildman–Crippen LogP) is 5.76. The van der Waals surface area contributed by atoms with Gasteiger partial charge in [0.05, 0.1) is 11.7 Å². The summed E-state index contributed by atoms with van der Waals surface area (Å²) in [5, 5.41) is 3.42. The minimum atomic E-state index is -0.0757. The zero-order chi connectivity index (χ0) is 17.6. The summed E-state index contributed by atoms with van der Waals surface area (Å²) in [6.07, 6.45) is 5.14. The molecule has 3 rings (SSSR count). The van der Waals surface area contributed by atoms with Crippen LogP contribution in [-0.2, 0) is 0 Å². The predicted molar refractivity (Wildman–Crippen MR) is 105 cm³/mol. The summed E-state index contributed by atoms with van der Waals surface area (Å²) in [7, 11) is 0. The molecule has 25 heavy (non-hydrogen) atoms. The van der Waals surface area contributed by atoms with Crippen LogP contribution in [0.5, 0.6) is 5.75 Å². The van der Waals surface area contributed by atoms with Gasteiger partial charge in [0.1, 0.15) is 5.75 Å². The number of carbonyl (C=O) groups is 1. The van der Waals surface area contributed by atoms with Gasteiger partial charge in [-0.15, -0.1) is 11.8 Å². The van der Waals surface area contributed by atoms with Crippen LogP contribution in [0.2, 0.25) is 0 Å². The molecule has 2 aromatic carbocycles. The van der Waals surface area contributed by atoms with Crippen molar-refractivity contribution in [1.82, 2.24) is 0 Å². The average Bonchev–Trinajstić information content (AvgIpc) is 3.09. The maximum Gasteiger partial charge on any atom is 0.256 e. The summed E-state index contributed by atoms with van der Waals surface area (Å²) < 4.78 is 5.97. The molecule has 0 saturated heterocycles. The SMILES string of the molecule is CC(C)Sc1ccccc1C(=O)Nc1ccc(OC2CCCC2)cc1. The number of anilines is 1. The van der Waals surface area contributed by atoms with Gasteiger partial charge in [0.15, 0.2) is 0 Å². The molecule has 1 N–H and O–H groups in total. The molecule has 0 radical (unpaired) electrons. The molecule has 132 valence electrons. The topological polar surface area (TPSA) is 38.3 Å². The van der Waals surface area contributed by atoms with E-state index in [-0.39, 0.29) is 5.91 Å². The molecule has 0 atom stereocenters. The highest BCUT2D eigenvalue weighted by molar-refractivity contribution is 8.00. The summed E-state index contributed by atoms with van der Waals surface area (Å²) in [4.78, 5) is 13.6. The van der Waals surface area contributed by atoms with Crippen LogP contribution in [0.1, 0.15) is 49.9 Å². The minimum absolute atomic E-state index is 0.0757. The van der Waals surface area contributed by atoms with Gasteiger partial charge in [-0.2, -0.15) is 0 Å². The zero-order valence-corrected chi connectivity index (χ0v) is 15.6. The van der Waals surface area contributed by atoms with Crippen LogP contribution in [0.25, 0.3) is 0 Å². The van der Waals surface area contributed by atoms with E-state index in [2.05, 4.69) is 19.2 Å². The zero-order valence-electron chi connectivity index (χ0n) is 14.8. The molecule has 1 aliphatic rings. The van der Waals surface area contributed by atoms with Crippen molar-refractivity contribution in [2.24, 2.45) is 0 Å². The molecule has 0 unspecified atom stereocenters. The second-order valence-electron chi connectivity index (χ2n) is 6.67. The Morgan fingerprint density at radius 2 is 1.76 bits per heavy atom. The number of amides is 1. The van der Waals surface area contributed by atoms with Crippen molar-refractivity contribution in [3.63, 3.8) is 0 Å². The van der Waals surface area contributed by atoms with E-state index in [0.29, 0.717) is 16.9 Å². The number of ether oxygens (including phenoxy) is 1. The maximum absolute atomic E-state index is 12.6. The number of carbonyl (C=O) groups excluding carboxylic acids is 1. The Labute approximate surface area is 154 Å². The van der Waals surface area contributed by atoms with Gasteiger partial charge in [0, 0.05) is 15.8 Å². The fourth-order valence-corrected chi connectivity index (χ4v) is 3.98. The number of thioether (sulfide) groups is 1. The Bertz CT molecular complexity index is 706. The van der Waals surface area contributed by atoms with Crippen LogP contribution in [0.3, 0.4) is 0 Å². The fraction of sp³-hybridized carbons (Fsp3) is 0.381. The lowest BCUT2D eigenvalue weighted by atomic mass is 10.2. The Hall–Kier alpha value is -1.94. The third-order valence-corrected chi connectivity index (χ3v) is 5.29. The minimum Gasteiger partial charge on any atom is -0.490 e. The van der Waals surface area contributed by atoms with E-state index >= 15 is 0 Å². The van der Waals surface area contributed by atoms with E-state index in [1.165, 1.54) is 12.8 Å². The molecule has 0 aliphatic heterocycles. The first-order valence-corrected chi connectivity index (χ1v) is 9.83. The van der Waals surface area contributed by atoms with Crippen LogP contribution in [0.15, 0.2) is 53.4 Å². The molecule has 1 fully saturated rings. The van der Waals surface area contributed by atoms with Crippen LogP contribution in [0.4, 0.5) is 5.69 Å². The standard InChI is InChI=1S/C21H25NO2S/c1-15(2)25-20-10-6-5-9-19(20)21(23)22-16-11-13-18(14-12-16)24-17-7-3-4-8-17/h5-6,9-15,17H,3-4,7-8H2,1-2H3,(H,22,23). The van der Waals surface area contributed by atoms with Crippen molar-refractivity contribution >= 4 is 23.4 Å². The molecule has 1 saturated carbocycles. The lowest BCUT2D eigenvalue weighted by molar-refractivity contribution is 0.102. The smallest absolute Gasteiger partial charge is 0.256 e. The fourth-order valence-electron chi connectivity index (χ4n) is 3.02. The van der Waals surface area contributed by atoms with Crippen LogP contribution in [-0.4, -0.2) is 17.3 Å². The quantitative estimate of drug-likeness (QED) is 0.669. The average molecular weight is 356 g/mol. The van der Waals surface area contributed by atoms with Gasteiger partial charge in [-0.05, 0) is 62.1 Å². The van der Waals surface area contributed by atoms with E-state index < -0.39 is 0 Å². The number of benzene rings is 2. The van der Waals surface area contributed by atoms with Crippen LogP contribution in [0, 0.1) is 0 Å². The molecule has 0 bridgehead atoms. The van der Waals surface area contributed by atoms with E-state index in [4.69, 9.17) is 4.74 Å². The largest absolute Gasteiger partial charge is 0.490 e. The van der Waals surface area contributed by atoms with Crippen molar-refractivity contribution < 1.29 is 9.53 Å². The third-order valence-electron chi connectivity index (χ3n) is 4.21. The van der Waals surface area contributed by atoms with Gasteiger partial charge in [-0.3, -0.25) is 4.79 Å². The summed E-state index contributed by atoms with van der Waals surface area (Å²) >= 11 is 1.70. The monoisotopic (exact) mass is 355 g/mol. The molecular weight excluding hydrogens is 330 g/mol. The summed E-state index contributed by atoms with van der Waals surface area (Å²) in [5.41, 5.74) is 1.50. The Balaban J connectivity index is 1.64. The first-order valence-electron chi connectivity index (χ1n) is 8.95. The first-order chi connectivity index (χ1) is 12.1. The van der Waals surface area contributed by atoms with Crippen molar-refractivity contribution in [3.8, 4) is 5.75 Å². The van der Waals surface area contributed by atoms with E-state index in [1.54, 1.807) is 11.8 Å². The van der Waals surface area contributed by atoms with Crippen molar-refractivity contribution in [3.05, 3.63) is 54.1 Å². The van der Waals surface area contributed by atoms with Crippen LogP contribution >= 0.6 is 11.8 Å². The number of hydrogen-bond acceptors (Lipinski definition) is 3. The molecule has 0 spiro atoms. The molecule has 2 aromatic rings. The van der Waals surface area contributed by atoms with Crippen molar-refractivity contribution in [2.75, 3.05) is 5.32 Å². The van der Waals surface area contributed by atoms with Gasteiger partial charge in [-0.1, -0.05) is 26.0 Å². The Morgan fingerprint density at radius 1 is 1.08 bits per heavy atom. The van der Waals surface area contributed by atoms with Gasteiger partial charge in [-0.25, -0.2) is 0 Å². The molecule has 4 heteroatoms. The van der Waals surface area contributed by atoms with Gasteiger partial charge < -0.3 is 10.1 Å². The van der Waals surface area contributed by atoms with Gasteiger partial charge in [0.2, 0.25) is 0 Å². The van der Waals surface area contributed by atoms with Crippen molar-refractivity contribution in [1.29, 1.82) is 0 Å². The molecular formula is C21H25NO2S. The van der Waals surface area contributed by atoms with E-state index in [9.17, 15) is 4.79 Å². The first kappa shape index (κ1) is 17.9. The Morgan fingerprint density at radius 3 is 2.44 bits per heavy atom. The van der Waals surface area contributed by atoms with Crippen LogP contribution < -0.4 is 10.1 Å². The second kappa shape index (κ2) is 8.43. The molecule has 1 amide bonds. The summed E-state index contributed by atoms with van der Waals surface area (Å²) in [6, 6.07) is 15.4. The van der Waals surface area contributed by atoms with E-state index in [1.807, 2.05) is 48.5 Å². The van der Waals surface area contributed by atoms with Crippen molar-refractivity contribution in [2.45, 2.75) is 55.8 Å². The maximum atomic E-state index is 12.6. The highest BCUT2D eigenvalue weighted by atomic mass is 32.2. The normalized spacial score (nSPS) is 14.7. The third kappa shape index (κ3) is 5.02. The van der Waals surface area contributed by atoms with Gasteiger partial charge in [0.25, 0.3) is 5.91 Å². The summed E-state index contributed by atoms with van der Waals surface area (Å²) in [6.45, 7) is 4.25. The Kier molecular flexibility index (Phi) is 6.03. The second-order valence-corrected chi connectivity index (χ2v) is 8.28. The molecule has 1 aliphatic carbocycles. The number of rotatable bonds is 6. The highest BCUT2D eigenvalue weighted by Gasteiger charge is 2.16. The highest BCUT2D eigenvalue weighted by Crippen LogP contribution is 2.28. The molecule has 0 aromatic heterocycles. The lowest BCUT2D eigenvalue weighted by Gasteiger charge is -2.14. The lowest BCUT2D eigenvalue weighted by Crippen LogP contribution is -2.13.